The van der Waals surface area contributed by atoms with Gasteiger partial charge in [0.15, 0.2) is 0 Å². The molecule has 0 spiro atoms. The molecule has 0 aliphatic carbocycles. The molecule has 2 heterocycles. The molecule has 11 rings (SSSR count). The quantitative estimate of drug-likeness (QED) is 0.152. The number of anilines is 6. The molecular formula is C54H36N2S2. The monoisotopic (exact) mass is 776 g/mol. The van der Waals surface area contributed by atoms with Crippen LogP contribution >= 0.6 is 22.7 Å². The number of nitrogens with zero attached hydrogens (tertiary/aromatic N) is 2. The second kappa shape index (κ2) is 14.5. The molecule has 0 fully saturated rings. The Balaban J connectivity index is 1.15. The molecule has 2 aromatic heterocycles. The van der Waals surface area contributed by atoms with E-state index in [4.69, 9.17) is 0 Å². The van der Waals surface area contributed by atoms with Crippen LogP contribution in [-0.2, 0) is 0 Å². The van der Waals surface area contributed by atoms with Crippen molar-refractivity contribution in [1.82, 2.24) is 0 Å². The summed E-state index contributed by atoms with van der Waals surface area (Å²) in [6, 6.07) is 79.3. The first-order valence-electron chi connectivity index (χ1n) is 19.6. The van der Waals surface area contributed by atoms with Crippen molar-refractivity contribution in [3.8, 4) is 22.3 Å². The normalized spacial score (nSPS) is 11.4. The van der Waals surface area contributed by atoms with Crippen molar-refractivity contribution < 1.29 is 0 Å². The summed E-state index contributed by atoms with van der Waals surface area (Å²) in [4.78, 5) is 4.76. The van der Waals surface area contributed by atoms with E-state index in [0.717, 1.165) is 34.1 Å². The lowest BCUT2D eigenvalue weighted by molar-refractivity contribution is 1.29. The first-order valence-corrected chi connectivity index (χ1v) is 21.2. The van der Waals surface area contributed by atoms with Crippen LogP contribution in [0.2, 0.25) is 0 Å². The predicted molar refractivity (Wildman–Crippen MR) is 252 cm³/mol. The van der Waals surface area contributed by atoms with E-state index in [0.29, 0.717) is 0 Å². The fourth-order valence-electron chi connectivity index (χ4n) is 8.37. The molecule has 11 aromatic rings. The molecule has 2 nitrogen and oxygen atoms in total. The molecule has 9 aromatic carbocycles. The van der Waals surface area contributed by atoms with Gasteiger partial charge in [0.1, 0.15) is 0 Å². The zero-order valence-corrected chi connectivity index (χ0v) is 33.1. The van der Waals surface area contributed by atoms with Gasteiger partial charge in [-0.15, -0.1) is 22.7 Å². The van der Waals surface area contributed by atoms with E-state index in [-0.39, 0.29) is 0 Å². The van der Waals surface area contributed by atoms with Crippen LogP contribution in [0.5, 0.6) is 0 Å². The molecule has 0 radical (unpaired) electrons. The molecule has 0 aliphatic heterocycles. The van der Waals surface area contributed by atoms with Gasteiger partial charge in [0.25, 0.3) is 0 Å². The minimum absolute atomic E-state index is 1.12. The van der Waals surface area contributed by atoms with Gasteiger partial charge in [-0.3, -0.25) is 0 Å². The highest BCUT2D eigenvalue weighted by molar-refractivity contribution is 7.26. The van der Waals surface area contributed by atoms with Gasteiger partial charge in [0.05, 0.1) is 0 Å². The molecule has 0 bridgehead atoms. The Hall–Kier alpha value is -6.98. The lowest BCUT2D eigenvalue weighted by atomic mass is 9.95. The van der Waals surface area contributed by atoms with Crippen LogP contribution in [0.1, 0.15) is 0 Å². The second-order valence-electron chi connectivity index (χ2n) is 14.5. The third-order valence-electron chi connectivity index (χ3n) is 11.0. The van der Waals surface area contributed by atoms with Crippen molar-refractivity contribution >= 4 is 97.1 Å². The maximum absolute atomic E-state index is 2.41. The van der Waals surface area contributed by atoms with Crippen molar-refractivity contribution in [3.63, 3.8) is 0 Å². The van der Waals surface area contributed by atoms with Crippen molar-refractivity contribution in [2.24, 2.45) is 0 Å². The zero-order valence-electron chi connectivity index (χ0n) is 31.5. The second-order valence-corrected chi connectivity index (χ2v) is 16.6. The summed E-state index contributed by atoms with van der Waals surface area (Å²) in [5, 5.41) is 5.10. The minimum atomic E-state index is 1.12. The number of fused-ring (bicyclic) bond motifs is 6. The average Bonchev–Trinajstić information content (AvgIpc) is 3.86. The first-order chi connectivity index (χ1) is 28.8. The lowest BCUT2D eigenvalue weighted by Gasteiger charge is -2.26. The number of thiophene rings is 2. The molecule has 0 saturated carbocycles. The maximum atomic E-state index is 2.41. The van der Waals surface area contributed by atoms with Crippen molar-refractivity contribution in [1.29, 1.82) is 0 Å². The van der Waals surface area contributed by atoms with E-state index in [2.05, 4.69) is 228 Å². The Morgan fingerprint density at radius 2 is 0.603 bits per heavy atom. The van der Waals surface area contributed by atoms with E-state index in [1.165, 1.54) is 62.6 Å². The maximum Gasteiger partial charge on any atom is 0.0475 e. The number of hydrogen-bond acceptors (Lipinski definition) is 4. The van der Waals surface area contributed by atoms with E-state index in [9.17, 15) is 0 Å². The molecule has 0 saturated heterocycles. The summed E-state index contributed by atoms with van der Waals surface area (Å²) < 4.78 is 5.17. The molecule has 274 valence electrons. The molecule has 58 heavy (non-hydrogen) atoms. The standard InChI is InChI=1S/C54H36N2S2/c1-5-20-39(21-6-1)55(40-22-7-2-8-23-40)43-33-47(53-49(35-43)45-28-13-15-30-51(45)57-53)37-18-17-19-38(32-37)48-34-44(36-50-46-29-14-16-31-52(46)58-54(48)50)56(41-24-9-3-10-25-41)42-26-11-4-12-27-42/h1-36H. The van der Waals surface area contributed by atoms with Crippen LogP contribution in [0.4, 0.5) is 34.1 Å². The van der Waals surface area contributed by atoms with Gasteiger partial charge in [-0.1, -0.05) is 127 Å². The highest BCUT2D eigenvalue weighted by Crippen LogP contribution is 2.48. The van der Waals surface area contributed by atoms with Gasteiger partial charge >= 0.3 is 0 Å². The topological polar surface area (TPSA) is 6.48 Å². The van der Waals surface area contributed by atoms with E-state index < -0.39 is 0 Å². The molecule has 0 aliphatic rings. The average molecular weight is 777 g/mol. The smallest absolute Gasteiger partial charge is 0.0475 e. The van der Waals surface area contributed by atoms with Gasteiger partial charge in [-0.2, -0.15) is 0 Å². The lowest BCUT2D eigenvalue weighted by Crippen LogP contribution is -2.10. The van der Waals surface area contributed by atoms with Crippen LogP contribution < -0.4 is 9.80 Å². The Morgan fingerprint density at radius 1 is 0.259 bits per heavy atom. The number of para-hydroxylation sites is 4. The third-order valence-corrected chi connectivity index (χ3v) is 13.4. The van der Waals surface area contributed by atoms with Crippen molar-refractivity contribution in [2.45, 2.75) is 0 Å². The summed E-state index contributed by atoms with van der Waals surface area (Å²) in [5.41, 5.74) is 11.6. The van der Waals surface area contributed by atoms with Crippen molar-refractivity contribution in [3.05, 3.63) is 218 Å². The first kappa shape index (κ1) is 34.3. The SMILES string of the molecule is c1ccc(N(c2ccccc2)c2cc(-c3cccc(-c4cc(N(c5ccccc5)c5ccccc5)cc5c4sc4ccccc45)c3)c3sc4ccccc4c3c2)cc1. The molecule has 0 unspecified atom stereocenters. The summed E-state index contributed by atoms with van der Waals surface area (Å²) >= 11 is 3.76. The van der Waals surface area contributed by atoms with Gasteiger partial charge in [0, 0.05) is 85.6 Å². The Bertz CT molecular complexity index is 2930. The van der Waals surface area contributed by atoms with Crippen LogP contribution in [0, 0.1) is 0 Å². The minimum Gasteiger partial charge on any atom is -0.310 e. The third kappa shape index (κ3) is 6.02. The highest BCUT2D eigenvalue weighted by atomic mass is 32.1. The molecule has 0 N–H and O–H groups in total. The van der Waals surface area contributed by atoms with Crippen LogP contribution in [0.3, 0.4) is 0 Å². The Morgan fingerprint density at radius 3 is 0.983 bits per heavy atom. The highest BCUT2D eigenvalue weighted by Gasteiger charge is 2.21. The van der Waals surface area contributed by atoms with Crippen LogP contribution in [-0.4, -0.2) is 0 Å². The van der Waals surface area contributed by atoms with Gasteiger partial charge in [-0.25, -0.2) is 0 Å². The predicted octanol–water partition coefficient (Wildman–Crippen LogP) is 16.7. The molecule has 0 atom stereocenters. The fourth-order valence-corrected chi connectivity index (χ4v) is 10.8. The van der Waals surface area contributed by atoms with E-state index >= 15 is 0 Å². The largest absolute Gasteiger partial charge is 0.310 e. The van der Waals surface area contributed by atoms with Crippen LogP contribution in [0.15, 0.2) is 218 Å². The fraction of sp³-hybridized carbons (Fsp3) is 0. The summed E-state index contributed by atoms with van der Waals surface area (Å²) in [6.45, 7) is 0. The molecule has 4 heteroatoms. The number of hydrogen-bond donors (Lipinski definition) is 0. The Labute approximate surface area is 345 Å². The number of rotatable bonds is 8. The van der Waals surface area contributed by atoms with Gasteiger partial charge < -0.3 is 9.80 Å². The Kier molecular flexibility index (Phi) is 8.58. The molecular weight excluding hydrogens is 741 g/mol. The summed E-state index contributed by atoms with van der Waals surface area (Å²) in [6.07, 6.45) is 0. The van der Waals surface area contributed by atoms with Gasteiger partial charge in [-0.05, 0) is 102 Å². The van der Waals surface area contributed by atoms with E-state index in [1.807, 2.05) is 22.7 Å². The van der Waals surface area contributed by atoms with Gasteiger partial charge in [0.2, 0.25) is 0 Å². The summed E-state index contributed by atoms with van der Waals surface area (Å²) in [7, 11) is 0. The molecule has 0 amide bonds. The number of benzene rings is 9. The van der Waals surface area contributed by atoms with Crippen LogP contribution in [0.25, 0.3) is 62.6 Å². The van der Waals surface area contributed by atoms with E-state index in [1.54, 1.807) is 0 Å². The summed E-state index contributed by atoms with van der Waals surface area (Å²) in [5.74, 6) is 0. The van der Waals surface area contributed by atoms with Crippen molar-refractivity contribution in [2.75, 3.05) is 9.80 Å². The zero-order chi connectivity index (χ0) is 38.4.